The Morgan fingerprint density at radius 2 is 2.07 bits per heavy atom. The van der Waals surface area contributed by atoms with Gasteiger partial charge in [0.1, 0.15) is 23.8 Å². The standard InChI is InChI=1S/C10H10ClN3O/c11-9-5-14-10(13(9)6-12-14)7-1-3-8(15)4-2-7/h1-4,6,9-10,15H,5H2/t9-,10-/m0/s1. The first-order valence-corrected chi connectivity index (χ1v) is 5.20. The molecule has 4 nitrogen and oxygen atoms in total. The van der Waals surface area contributed by atoms with Crippen LogP contribution in [0.15, 0.2) is 29.4 Å². The van der Waals surface area contributed by atoms with Gasteiger partial charge in [0.2, 0.25) is 0 Å². The first-order valence-electron chi connectivity index (χ1n) is 4.77. The molecule has 0 radical (unpaired) electrons. The molecule has 5 heteroatoms. The molecule has 3 rings (SSSR count). The van der Waals surface area contributed by atoms with E-state index < -0.39 is 0 Å². The van der Waals surface area contributed by atoms with E-state index >= 15 is 0 Å². The van der Waals surface area contributed by atoms with Crippen LogP contribution in [-0.4, -0.2) is 33.4 Å². The highest BCUT2D eigenvalue weighted by Gasteiger charge is 2.41. The highest BCUT2D eigenvalue weighted by atomic mass is 35.5. The van der Waals surface area contributed by atoms with E-state index in [-0.39, 0.29) is 17.4 Å². The molecule has 78 valence electrons. The van der Waals surface area contributed by atoms with Crippen molar-refractivity contribution in [3.63, 3.8) is 0 Å². The SMILES string of the molecule is Oc1ccc([C@@H]2N3C[C@@H](Cl)N2C=N3)cc1. The van der Waals surface area contributed by atoms with Gasteiger partial charge in [-0.3, -0.25) is 5.01 Å². The topological polar surface area (TPSA) is 39.1 Å². The number of phenolic OH excluding ortho intramolecular Hbond substituents is 1. The molecule has 2 atom stereocenters. The van der Waals surface area contributed by atoms with Crippen LogP contribution in [0.25, 0.3) is 0 Å². The number of alkyl halides is 1. The molecule has 15 heavy (non-hydrogen) atoms. The summed E-state index contributed by atoms with van der Waals surface area (Å²) in [4.78, 5) is 2.01. The van der Waals surface area contributed by atoms with Crippen molar-refractivity contribution in [3.05, 3.63) is 29.8 Å². The molecule has 1 saturated heterocycles. The van der Waals surface area contributed by atoms with Gasteiger partial charge in [-0.1, -0.05) is 23.7 Å². The Morgan fingerprint density at radius 1 is 1.33 bits per heavy atom. The van der Waals surface area contributed by atoms with Crippen LogP contribution in [0.1, 0.15) is 11.7 Å². The molecule has 1 aromatic rings. The quantitative estimate of drug-likeness (QED) is 0.580. The predicted molar refractivity (Wildman–Crippen MR) is 57.5 cm³/mol. The summed E-state index contributed by atoms with van der Waals surface area (Å²) in [5.74, 6) is 0.275. The maximum absolute atomic E-state index is 9.21. The van der Waals surface area contributed by atoms with Gasteiger partial charge < -0.3 is 10.0 Å². The molecule has 2 bridgehead atoms. The third kappa shape index (κ3) is 1.25. The number of hydrogen-bond donors (Lipinski definition) is 1. The van der Waals surface area contributed by atoms with Gasteiger partial charge in [-0.25, -0.2) is 0 Å². The second kappa shape index (κ2) is 3.03. The maximum atomic E-state index is 9.21. The Morgan fingerprint density at radius 3 is 2.60 bits per heavy atom. The zero-order valence-electron chi connectivity index (χ0n) is 7.92. The summed E-state index contributed by atoms with van der Waals surface area (Å²) < 4.78 is 0. The summed E-state index contributed by atoms with van der Waals surface area (Å²) in [6.07, 6.45) is 1.85. The highest BCUT2D eigenvalue weighted by molar-refractivity contribution is 6.21. The Labute approximate surface area is 92.4 Å². The predicted octanol–water partition coefficient (Wildman–Crippen LogP) is 1.53. The van der Waals surface area contributed by atoms with Crippen LogP contribution in [-0.2, 0) is 0 Å². The molecule has 0 saturated carbocycles. The monoisotopic (exact) mass is 223 g/mol. The van der Waals surface area contributed by atoms with Crippen molar-refractivity contribution in [2.75, 3.05) is 6.54 Å². The number of rotatable bonds is 1. The van der Waals surface area contributed by atoms with Crippen LogP contribution in [0, 0.1) is 0 Å². The molecule has 2 aliphatic heterocycles. The molecule has 0 unspecified atom stereocenters. The third-order valence-electron chi connectivity index (χ3n) is 2.75. The second-order valence-electron chi connectivity index (χ2n) is 3.70. The molecule has 1 fully saturated rings. The van der Waals surface area contributed by atoms with Gasteiger partial charge >= 0.3 is 0 Å². The summed E-state index contributed by atoms with van der Waals surface area (Å²) in [5, 5.41) is 15.4. The first kappa shape index (κ1) is 8.85. The summed E-state index contributed by atoms with van der Waals surface area (Å²) in [6, 6.07) is 7.14. The van der Waals surface area contributed by atoms with Crippen LogP contribution >= 0.6 is 11.6 Å². The van der Waals surface area contributed by atoms with E-state index in [0.29, 0.717) is 0 Å². The molecular weight excluding hydrogens is 214 g/mol. The van der Waals surface area contributed by atoms with Crippen LogP contribution in [0.2, 0.25) is 0 Å². The summed E-state index contributed by atoms with van der Waals surface area (Å²) >= 11 is 6.13. The van der Waals surface area contributed by atoms with Crippen molar-refractivity contribution >= 4 is 17.9 Å². The largest absolute Gasteiger partial charge is 0.508 e. The van der Waals surface area contributed by atoms with Crippen molar-refractivity contribution in [1.29, 1.82) is 0 Å². The Bertz CT molecular complexity index is 406. The van der Waals surface area contributed by atoms with Gasteiger partial charge in [-0.2, -0.15) is 5.10 Å². The fourth-order valence-electron chi connectivity index (χ4n) is 2.02. The van der Waals surface area contributed by atoms with Crippen LogP contribution in [0.5, 0.6) is 5.75 Å². The molecule has 2 heterocycles. The molecule has 0 aromatic heterocycles. The number of fused-ring (bicyclic) bond motifs is 2. The zero-order valence-corrected chi connectivity index (χ0v) is 8.67. The van der Waals surface area contributed by atoms with Crippen molar-refractivity contribution < 1.29 is 5.11 Å². The number of aromatic hydroxyl groups is 1. The first-order chi connectivity index (χ1) is 7.25. The van der Waals surface area contributed by atoms with Crippen LogP contribution in [0.4, 0.5) is 0 Å². The van der Waals surface area contributed by atoms with Gasteiger partial charge in [0.05, 0.1) is 6.54 Å². The normalized spacial score (nSPS) is 27.8. The molecule has 0 spiro atoms. The smallest absolute Gasteiger partial charge is 0.146 e. The molecular formula is C10H10ClN3O. The van der Waals surface area contributed by atoms with Gasteiger partial charge in [-0.15, -0.1) is 0 Å². The summed E-state index contributed by atoms with van der Waals surface area (Å²) in [6.45, 7) is 0.740. The van der Waals surface area contributed by atoms with E-state index in [1.165, 1.54) is 0 Å². The molecule has 1 N–H and O–H groups in total. The number of nitrogens with zero attached hydrogens (tertiary/aromatic N) is 3. The number of halogens is 1. The Hall–Kier alpha value is -1.42. The number of hydrogen-bond acceptors (Lipinski definition) is 4. The van der Waals surface area contributed by atoms with Gasteiger partial charge in [0.25, 0.3) is 0 Å². The van der Waals surface area contributed by atoms with Gasteiger partial charge in [0, 0.05) is 0 Å². The lowest BCUT2D eigenvalue weighted by atomic mass is 10.1. The highest BCUT2D eigenvalue weighted by Crippen LogP contribution is 2.37. The minimum absolute atomic E-state index is 0.0127. The van der Waals surface area contributed by atoms with Crippen LogP contribution < -0.4 is 0 Å². The molecule has 2 aliphatic rings. The summed E-state index contributed by atoms with van der Waals surface area (Å²) in [7, 11) is 0. The van der Waals surface area contributed by atoms with E-state index in [9.17, 15) is 5.11 Å². The maximum Gasteiger partial charge on any atom is 0.146 e. The average molecular weight is 224 g/mol. The second-order valence-corrected chi connectivity index (χ2v) is 4.20. The van der Waals surface area contributed by atoms with Crippen molar-refractivity contribution in [2.24, 2.45) is 5.10 Å². The fourth-order valence-corrected chi connectivity index (χ4v) is 2.32. The number of hydrazone groups is 1. The van der Waals surface area contributed by atoms with E-state index in [2.05, 4.69) is 5.10 Å². The van der Waals surface area contributed by atoms with E-state index in [0.717, 1.165) is 12.1 Å². The van der Waals surface area contributed by atoms with E-state index in [4.69, 9.17) is 11.6 Å². The third-order valence-corrected chi connectivity index (χ3v) is 3.11. The van der Waals surface area contributed by atoms with Crippen molar-refractivity contribution in [1.82, 2.24) is 9.91 Å². The minimum Gasteiger partial charge on any atom is -0.508 e. The lowest BCUT2D eigenvalue weighted by molar-refractivity contribution is 0.237. The van der Waals surface area contributed by atoms with E-state index in [1.807, 2.05) is 22.0 Å². The van der Waals surface area contributed by atoms with Gasteiger partial charge in [-0.05, 0) is 17.7 Å². The Kier molecular flexibility index (Phi) is 1.79. The molecule has 1 aromatic carbocycles. The van der Waals surface area contributed by atoms with Crippen LogP contribution in [0.3, 0.4) is 0 Å². The summed E-state index contributed by atoms with van der Waals surface area (Å²) in [5.41, 5.74) is 1.08. The molecule has 0 amide bonds. The minimum atomic E-state index is -0.0127. The van der Waals surface area contributed by atoms with E-state index in [1.54, 1.807) is 18.5 Å². The molecule has 0 aliphatic carbocycles. The fraction of sp³-hybridized carbons (Fsp3) is 0.300. The zero-order chi connectivity index (χ0) is 10.4. The lowest BCUT2D eigenvalue weighted by Crippen LogP contribution is -2.25. The van der Waals surface area contributed by atoms with Crippen molar-refractivity contribution in [2.45, 2.75) is 11.7 Å². The number of phenols is 1. The Balaban J connectivity index is 1.94. The van der Waals surface area contributed by atoms with Gasteiger partial charge in [0.15, 0.2) is 0 Å². The van der Waals surface area contributed by atoms with Crippen molar-refractivity contribution in [3.8, 4) is 5.75 Å². The number of benzene rings is 1. The average Bonchev–Trinajstić information content (AvgIpc) is 2.75. The lowest BCUT2D eigenvalue weighted by Gasteiger charge is -2.20.